The van der Waals surface area contributed by atoms with E-state index in [1.807, 2.05) is 6.92 Å². The molecule has 2 aromatic carbocycles. The Morgan fingerprint density at radius 1 is 1.07 bits per heavy atom. The van der Waals surface area contributed by atoms with Gasteiger partial charge in [0.15, 0.2) is 5.11 Å². The number of anilines is 5. The summed E-state index contributed by atoms with van der Waals surface area (Å²) in [5, 5.41) is 8.35. The third-order valence-corrected chi connectivity index (χ3v) is 11.2. The van der Waals surface area contributed by atoms with Crippen LogP contribution in [0.25, 0.3) is 0 Å². The number of rotatable bonds is 13. The molecule has 1 aromatic heterocycles. The molecule has 1 unspecified atom stereocenters. The van der Waals surface area contributed by atoms with Crippen LogP contribution in [-0.4, -0.2) is 82.6 Å². The summed E-state index contributed by atoms with van der Waals surface area (Å²) in [5.41, 5.74) is 5.04. The zero-order chi connectivity index (χ0) is 41.9. The first-order valence-electron chi connectivity index (χ1n) is 19.1. The van der Waals surface area contributed by atoms with Gasteiger partial charge in [-0.2, -0.15) is 13.2 Å². The highest BCUT2D eigenvalue weighted by Crippen LogP contribution is 2.41. The number of likely N-dealkylation sites (tertiary alicyclic amines) is 1. The molecule has 0 saturated carbocycles. The van der Waals surface area contributed by atoms with Crippen molar-refractivity contribution in [1.29, 1.82) is 0 Å². The molecule has 18 heteroatoms. The largest absolute Gasteiger partial charge is 0.493 e. The summed E-state index contributed by atoms with van der Waals surface area (Å²) in [6.07, 6.45) is -0.625. The van der Waals surface area contributed by atoms with Crippen molar-refractivity contribution in [3.8, 4) is 5.75 Å². The van der Waals surface area contributed by atoms with Gasteiger partial charge in [-0.05, 0) is 126 Å². The molecule has 0 spiro atoms. The number of amides is 4. The number of thiocarbonyl (C=S) groups is 1. The molecular weight excluding hydrogens is 781 g/mol. The minimum absolute atomic E-state index is 0.0255. The summed E-state index contributed by atoms with van der Waals surface area (Å²) in [6, 6.07) is 12.0. The van der Waals surface area contributed by atoms with E-state index in [0.29, 0.717) is 60.4 Å². The number of ether oxygens (including phenoxy) is 1. The van der Waals surface area contributed by atoms with Crippen LogP contribution in [0.2, 0.25) is 0 Å². The molecule has 0 radical (unpaired) electrons. The fourth-order valence-electron chi connectivity index (χ4n) is 7.51. The number of aryl methyl sites for hydroxylation is 1. The number of nitrogen functional groups attached to an aromatic ring is 1. The number of benzene rings is 2. The van der Waals surface area contributed by atoms with Crippen molar-refractivity contribution in [2.45, 2.75) is 83.1 Å². The van der Waals surface area contributed by atoms with Gasteiger partial charge < -0.3 is 26.0 Å². The van der Waals surface area contributed by atoms with Crippen LogP contribution >= 0.6 is 12.2 Å². The van der Waals surface area contributed by atoms with Crippen LogP contribution in [0.15, 0.2) is 54.7 Å². The van der Waals surface area contributed by atoms with E-state index in [4.69, 9.17) is 22.7 Å². The van der Waals surface area contributed by atoms with Gasteiger partial charge in [-0.25, -0.2) is 4.98 Å². The molecule has 0 aliphatic carbocycles. The number of alkyl halides is 4. The number of piperidine rings is 2. The highest BCUT2D eigenvalue weighted by Gasteiger charge is 2.51. The number of hydrogen-bond donors (Lipinski definition) is 4. The lowest BCUT2D eigenvalue weighted by Gasteiger charge is -2.35. The van der Waals surface area contributed by atoms with Crippen molar-refractivity contribution in [2.75, 3.05) is 52.5 Å². The molecule has 3 aliphatic rings. The quantitative estimate of drug-likeness (QED) is 0.0932. The maximum absolute atomic E-state index is 13.8. The van der Waals surface area contributed by atoms with Gasteiger partial charge in [-0.15, -0.1) is 0 Å². The summed E-state index contributed by atoms with van der Waals surface area (Å²) in [4.78, 5) is 58.8. The number of carbonyl (C=O) groups excluding carboxylic acids is 4. The Hall–Kier alpha value is -5.36. The standard InChI is InChI=1S/C40H46F4N8O5S/c1-23(35(54)48-27-6-4-5-26(20-27)47-31-8-10-33(53)49-36(31)55)50-16-12-24(13-17-50)14-18-57-32-9-7-28(19-25(32)11-15-41)52-38(58)51(37(56)39(52,2)3)29-21-30(40(42,43)44)34(45)46-22-29/h4-7,9,19-24,31,47H,8,10-18H2,1-3H3,(H2,45,46)(H,48,54)(H,49,53,55)/t23-,31?/m1/s1. The van der Waals surface area contributed by atoms with Gasteiger partial charge in [0.05, 0.1) is 36.8 Å². The molecule has 3 fully saturated rings. The smallest absolute Gasteiger partial charge is 0.420 e. The second-order valence-corrected chi connectivity index (χ2v) is 15.5. The van der Waals surface area contributed by atoms with Crippen molar-refractivity contribution in [2.24, 2.45) is 5.92 Å². The average Bonchev–Trinajstić information content (AvgIpc) is 3.35. The Morgan fingerprint density at radius 2 is 1.79 bits per heavy atom. The number of nitrogens with zero attached hydrogens (tertiary/aromatic N) is 4. The van der Waals surface area contributed by atoms with Crippen molar-refractivity contribution < 1.29 is 41.5 Å². The predicted molar refractivity (Wildman–Crippen MR) is 215 cm³/mol. The monoisotopic (exact) mass is 826 g/mol. The fraction of sp³-hybridized carbons (Fsp3) is 0.450. The number of halogens is 4. The van der Waals surface area contributed by atoms with E-state index in [0.717, 1.165) is 36.4 Å². The zero-order valence-electron chi connectivity index (χ0n) is 32.3. The van der Waals surface area contributed by atoms with Crippen LogP contribution in [0.4, 0.5) is 46.1 Å². The highest BCUT2D eigenvalue weighted by atomic mass is 32.1. The topological polar surface area (TPSA) is 162 Å². The van der Waals surface area contributed by atoms with Crippen LogP contribution < -0.4 is 36.2 Å². The van der Waals surface area contributed by atoms with E-state index in [-0.39, 0.29) is 47.4 Å². The van der Waals surface area contributed by atoms with Crippen LogP contribution in [0.1, 0.15) is 64.0 Å². The Bertz CT molecular complexity index is 2080. The number of pyridine rings is 1. The van der Waals surface area contributed by atoms with Gasteiger partial charge in [0.1, 0.15) is 23.1 Å². The minimum atomic E-state index is -4.80. The van der Waals surface area contributed by atoms with Crippen molar-refractivity contribution >= 4 is 69.5 Å². The van der Waals surface area contributed by atoms with Gasteiger partial charge in [0.2, 0.25) is 17.7 Å². The zero-order valence-corrected chi connectivity index (χ0v) is 33.1. The summed E-state index contributed by atoms with van der Waals surface area (Å²) in [6.45, 7) is 6.17. The Kier molecular flexibility index (Phi) is 12.6. The molecule has 2 atom stereocenters. The Labute approximate surface area is 338 Å². The van der Waals surface area contributed by atoms with Crippen molar-refractivity contribution in [3.05, 3.63) is 65.9 Å². The highest BCUT2D eigenvalue weighted by molar-refractivity contribution is 7.81. The van der Waals surface area contributed by atoms with Crippen molar-refractivity contribution in [1.82, 2.24) is 15.2 Å². The molecule has 5 N–H and O–H groups in total. The van der Waals surface area contributed by atoms with Gasteiger partial charge in [0.25, 0.3) is 5.91 Å². The summed E-state index contributed by atoms with van der Waals surface area (Å²) in [5.74, 6) is -1.30. The van der Waals surface area contributed by atoms with E-state index in [1.54, 1.807) is 56.3 Å². The number of carbonyl (C=O) groups is 4. The van der Waals surface area contributed by atoms with E-state index >= 15 is 0 Å². The predicted octanol–water partition coefficient (Wildman–Crippen LogP) is 5.84. The number of nitrogens with two attached hydrogens (primary N) is 1. The molecule has 0 bridgehead atoms. The first kappa shape index (κ1) is 42.3. The van der Waals surface area contributed by atoms with Crippen LogP contribution in [0.3, 0.4) is 0 Å². The maximum atomic E-state index is 13.8. The van der Waals surface area contributed by atoms with E-state index in [9.17, 15) is 36.7 Å². The summed E-state index contributed by atoms with van der Waals surface area (Å²) < 4.78 is 60.8. The first-order valence-corrected chi connectivity index (χ1v) is 19.5. The maximum Gasteiger partial charge on any atom is 0.420 e. The van der Waals surface area contributed by atoms with E-state index in [1.165, 1.54) is 4.90 Å². The van der Waals surface area contributed by atoms with Gasteiger partial charge >= 0.3 is 6.18 Å². The van der Waals surface area contributed by atoms with Gasteiger partial charge in [-0.3, -0.25) is 38.7 Å². The second-order valence-electron chi connectivity index (χ2n) is 15.2. The Morgan fingerprint density at radius 3 is 2.48 bits per heavy atom. The lowest BCUT2D eigenvalue weighted by Crippen LogP contribution is -2.47. The number of imide groups is 1. The third kappa shape index (κ3) is 9.17. The fourth-order valence-corrected chi connectivity index (χ4v) is 8.03. The second kappa shape index (κ2) is 17.2. The minimum Gasteiger partial charge on any atom is -0.493 e. The Balaban J connectivity index is 1.02. The molecule has 3 saturated heterocycles. The molecule has 58 heavy (non-hydrogen) atoms. The molecule has 3 aliphatic heterocycles. The lowest BCUT2D eigenvalue weighted by atomic mass is 9.93. The van der Waals surface area contributed by atoms with Crippen LogP contribution in [-0.2, 0) is 31.8 Å². The van der Waals surface area contributed by atoms with Crippen molar-refractivity contribution in [3.63, 3.8) is 0 Å². The van der Waals surface area contributed by atoms with E-state index < -0.39 is 41.7 Å². The SMILES string of the molecule is C[C@H](C(=O)Nc1cccc(NC2CCC(=O)NC2=O)c1)N1CCC(CCOc2ccc(N3C(=S)N(c4cnc(N)c(C(F)(F)F)c4)C(=O)C3(C)C)cc2CCF)CC1. The first-order chi connectivity index (χ1) is 27.5. The lowest BCUT2D eigenvalue weighted by molar-refractivity contribution is -0.137. The number of nitrogens with one attached hydrogen (secondary N) is 3. The molecular formula is C40H46F4N8O5S. The average molecular weight is 827 g/mol. The third-order valence-electron chi connectivity index (χ3n) is 10.9. The summed E-state index contributed by atoms with van der Waals surface area (Å²) in [7, 11) is 0. The molecule has 310 valence electrons. The molecule has 4 heterocycles. The summed E-state index contributed by atoms with van der Waals surface area (Å²) >= 11 is 5.65. The molecule has 6 rings (SSSR count). The number of hydrogen-bond acceptors (Lipinski definition) is 10. The normalized spacial score (nSPS) is 19.6. The molecule has 3 aromatic rings. The number of aromatic nitrogens is 1. The molecule has 13 nitrogen and oxygen atoms in total. The van der Waals surface area contributed by atoms with Gasteiger partial charge in [0, 0.05) is 29.9 Å². The molecule has 4 amide bonds. The van der Waals surface area contributed by atoms with E-state index in [2.05, 4.69) is 25.8 Å². The van der Waals surface area contributed by atoms with Crippen LogP contribution in [0.5, 0.6) is 5.75 Å². The van der Waals surface area contributed by atoms with Crippen LogP contribution in [0, 0.1) is 5.92 Å². The van der Waals surface area contributed by atoms with Gasteiger partial charge in [-0.1, -0.05) is 6.07 Å².